The summed E-state index contributed by atoms with van der Waals surface area (Å²) in [5.74, 6) is 1.49. The van der Waals surface area contributed by atoms with Crippen LogP contribution in [-0.4, -0.2) is 28.0 Å². The van der Waals surface area contributed by atoms with Crippen molar-refractivity contribution >= 4 is 11.8 Å². The van der Waals surface area contributed by atoms with Gasteiger partial charge in [0.05, 0.1) is 18.5 Å². The molecule has 1 aromatic heterocycles. The van der Waals surface area contributed by atoms with E-state index in [1.165, 1.54) is 0 Å². The standard InChI is InChI=1S/C23H28N4O3/c1-15-12-17(10-11-19(15)30-5)27-21(13-20(26-27)23(2,3)4)25-22(29)24-14-16-8-6-7-9-18(16)28/h6-13,28H,14H2,1-5H3,(H2,24,25,29). The summed E-state index contributed by atoms with van der Waals surface area (Å²) in [6.45, 7) is 8.38. The highest BCUT2D eigenvalue weighted by atomic mass is 16.5. The maximum Gasteiger partial charge on any atom is 0.320 e. The summed E-state index contributed by atoms with van der Waals surface area (Å²) < 4.78 is 7.06. The van der Waals surface area contributed by atoms with Gasteiger partial charge in [0, 0.05) is 23.6 Å². The Labute approximate surface area is 176 Å². The Hall–Kier alpha value is -3.48. The predicted octanol–water partition coefficient (Wildman–Crippen LogP) is 4.51. The number of aryl methyl sites for hydroxylation is 1. The van der Waals surface area contributed by atoms with Crippen molar-refractivity contribution in [2.75, 3.05) is 12.4 Å². The third-order valence-electron chi connectivity index (χ3n) is 4.77. The molecule has 0 radical (unpaired) electrons. The van der Waals surface area contributed by atoms with Crippen LogP contribution in [0.15, 0.2) is 48.5 Å². The van der Waals surface area contributed by atoms with Gasteiger partial charge in [-0.25, -0.2) is 9.48 Å². The number of rotatable bonds is 5. The number of para-hydroxylation sites is 1. The second-order valence-electron chi connectivity index (χ2n) is 8.17. The Morgan fingerprint density at radius 1 is 1.17 bits per heavy atom. The molecular weight excluding hydrogens is 380 g/mol. The van der Waals surface area contributed by atoms with Crippen molar-refractivity contribution < 1.29 is 14.6 Å². The number of carbonyl (C=O) groups is 1. The lowest BCUT2D eigenvalue weighted by molar-refractivity contribution is 0.251. The number of hydrogen-bond donors (Lipinski definition) is 3. The molecule has 0 fully saturated rings. The Morgan fingerprint density at radius 3 is 2.53 bits per heavy atom. The highest BCUT2D eigenvalue weighted by Gasteiger charge is 2.22. The number of phenolic OH excluding ortho intramolecular Hbond substituents is 1. The highest BCUT2D eigenvalue weighted by Crippen LogP contribution is 2.28. The fraction of sp³-hybridized carbons (Fsp3) is 0.304. The third kappa shape index (κ3) is 4.74. The Kier molecular flexibility index (Phi) is 6.01. The van der Waals surface area contributed by atoms with Crippen molar-refractivity contribution in [1.82, 2.24) is 15.1 Å². The average Bonchev–Trinajstić information content (AvgIpc) is 3.11. The number of amides is 2. The quantitative estimate of drug-likeness (QED) is 0.579. The van der Waals surface area contributed by atoms with Crippen LogP contribution >= 0.6 is 0 Å². The van der Waals surface area contributed by atoms with Gasteiger partial charge in [-0.1, -0.05) is 39.0 Å². The Morgan fingerprint density at radius 2 is 1.90 bits per heavy atom. The van der Waals surface area contributed by atoms with Crippen LogP contribution < -0.4 is 15.4 Å². The number of methoxy groups -OCH3 is 1. The van der Waals surface area contributed by atoms with E-state index < -0.39 is 0 Å². The molecule has 3 rings (SSSR count). The van der Waals surface area contributed by atoms with Gasteiger partial charge in [-0.05, 0) is 36.8 Å². The summed E-state index contributed by atoms with van der Waals surface area (Å²) in [5, 5.41) is 20.2. The molecule has 2 amide bonds. The lowest BCUT2D eigenvalue weighted by Gasteiger charge is -2.14. The van der Waals surface area contributed by atoms with Crippen LogP contribution in [0.2, 0.25) is 0 Å². The molecule has 1 heterocycles. The minimum atomic E-state index is -0.384. The van der Waals surface area contributed by atoms with Crippen molar-refractivity contribution in [3.63, 3.8) is 0 Å². The predicted molar refractivity (Wildman–Crippen MR) is 118 cm³/mol. The van der Waals surface area contributed by atoms with E-state index in [2.05, 4.69) is 31.4 Å². The molecule has 0 aliphatic carbocycles. The van der Waals surface area contributed by atoms with Crippen molar-refractivity contribution in [3.8, 4) is 17.2 Å². The molecule has 0 aliphatic rings. The number of benzene rings is 2. The Bertz CT molecular complexity index is 1050. The summed E-state index contributed by atoms with van der Waals surface area (Å²) in [4.78, 5) is 12.5. The van der Waals surface area contributed by atoms with Gasteiger partial charge in [-0.2, -0.15) is 5.10 Å². The van der Waals surface area contributed by atoms with Crippen LogP contribution in [0, 0.1) is 6.92 Å². The second kappa shape index (κ2) is 8.49. The number of hydrogen-bond acceptors (Lipinski definition) is 4. The van der Waals surface area contributed by atoms with Gasteiger partial charge in [0.15, 0.2) is 0 Å². The first-order valence-electron chi connectivity index (χ1n) is 9.76. The van der Waals surface area contributed by atoms with E-state index >= 15 is 0 Å². The van der Waals surface area contributed by atoms with Gasteiger partial charge >= 0.3 is 6.03 Å². The second-order valence-corrected chi connectivity index (χ2v) is 8.17. The largest absolute Gasteiger partial charge is 0.508 e. The number of nitrogens with one attached hydrogen (secondary N) is 2. The molecule has 3 N–H and O–H groups in total. The van der Waals surface area contributed by atoms with Crippen LogP contribution in [0.1, 0.15) is 37.6 Å². The zero-order chi connectivity index (χ0) is 21.9. The Balaban J connectivity index is 1.86. The molecule has 7 nitrogen and oxygen atoms in total. The first-order valence-corrected chi connectivity index (χ1v) is 9.76. The fourth-order valence-electron chi connectivity index (χ4n) is 3.02. The molecule has 7 heteroatoms. The van der Waals surface area contributed by atoms with E-state index in [0.29, 0.717) is 11.4 Å². The lowest BCUT2D eigenvalue weighted by atomic mass is 9.92. The SMILES string of the molecule is COc1ccc(-n2nc(C(C)(C)C)cc2NC(=O)NCc2ccccc2O)cc1C. The normalized spacial score (nSPS) is 11.2. The number of aromatic hydroxyl groups is 1. The molecule has 30 heavy (non-hydrogen) atoms. The fourth-order valence-corrected chi connectivity index (χ4v) is 3.02. The van der Waals surface area contributed by atoms with Crippen molar-refractivity contribution in [3.05, 3.63) is 65.4 Å². The van der Waals surface area contributed by atoms with Crippen molar-refractivity contribution in [2.45, 2.75) is 39.7 Å². The molecule has 0 unspecified atom stereocenters. The number of phenols is 1. The van der Waals surface area contributed by atoms with Gasteiger partial charge in [0.25, 0.3) is 0 Å². The van der Waals surface area contributed by atoms with Crippen LogP contribution in [-0.2, 0) is 12.0 Å². The van der Waals surface area contributed by atoms with Crippen LogP contribution in [0.5, 0.6) is 11.5 Å². The molecule has 0 atom stereocenters. The zero-order valence-corrected chi connectivity index (χ0v) is 18.0. The summed E-state index contributed by atoms with van der Waals surface area (Å²) >= 11 is 0. The molecule has 0 saturated carbocycles. The summed E-state index contributed by atoms with van der Waals surface area (Å²) in [7, 11) is 1.63. The summed E-state index contributed by atoms with van der Waals surface area (Å²) in [6, 6.07) is 14.1. The monoisotopic (exact) mass is 408 g/mol. The summed E-state index contributed by atoms with van der Waals surface area (Å²) in [6.07, 6.45) is 0. The van der Waals surface area contributed by atoms with E-state index in [1.54, 1.807) is 30.0 Å². The van der Waals surface area contributed by atoms with E-state index in [9.17, 15) is 9.90 Å². The smallest absolute Gasteiger partial charge is 0.320 e. The minimum absolute atomic E-state index is 0.145. The third-order valence-corrected chi connectivity index (χ3v) is 4.77. The molecule has 158 valence electrons. The maximum atomic E-state index is 12.5. The molecule has 2 aromatic carbocycles. The number of urea groups is 1. The minimum Gasteiger partial charge on any atom is -0.508 e. The zero-order valence-electron chi connectivity index (χ0n) is 18.0. The lowest BCUT2D eigenvalue weighted by Crippen LogP contribution is -2.29. The number of aromatic nitrogens is 2. The van der Waals surface area contributed by atoms with E-state index in [4.69, 9.17) is 9.84 Å². The molecule has 0 spiro atoms. The number of carbonyl (C=O) groups excluding carboxylic acids is 1. The van der Waals surface area contributed by atoms with Gasteiger partial charge in [-0.3, -0.25) is 5.32 Å². The van der Waals surface area contributed by atoms with Crippen molar-refractivity contribution in [1.29, 1.82) is 0 Å². The van der Waals surface area contributed by atoms with Gasteiger partial charge in [-0.15, -0.1) is 0 Å². The van der Waals surface area contributed by atoms with Gasteiger partial charge < -0.3 is 15.2 Å². The molecular formula is C23H28N4O3. The first kappa shape index (κ1) is 21.2. The van der Waals surface area contributed by atoms with Gasteiger partial charge in [0.1, 0.15) is 17.3 Å². The summed E-state index contributed by atoms with van der Waals surface area (Å²) in [5.41, 5.74) is 3.10. The molecule has 0 bridgehead atoms. The average molecular weight is 409 g/mol. The van der Waals surface area contributed by atoms with E-state index in [-0.39, 0.29) is 23.7 Å². The van der Waals surface area contributed by atoms with E-state index in [0.717, 1.165) is 22.7 Å². The molecule has 3 aromatic rings. The van der Waals surface area contributed by atoms with Crippen LogP contribution in [0.25, 0.3) is 5.69 Å². The molecule has 0 aliphatic heterocycles. The van der Waals surface area contributed by atoms with Gasteiger partial charge in [0.2, 0.25) is 0 Å². The maximum absolute atomic E-state index is 12.5. The highest BCUT2D eigenvalue weighted by molar-refractivity contribution is 5.88. The van der Waals surface area contributed by atoms with Crippen molar-refractivity contribution in [2.24, 2.45) is 0 Å². The topological polar surface area (TPSA) is 88.4 Å². The number of anilines is 1. The first-order chi connectivity index (χ1) is 14.2. The number of nitrogens with zero attached hydrogens (tertiary/aromatic N) is 2. The number of ether oxygens (including phenoxy) is 1. The van der Waals surface area contributed by atoms with Crippen LogP contribution in [0.3, 0.4) is 0 Å². The van der Waals surface area contributed by atoms with Crippen LogP contribution in [0.4, 0.5) is 10.6 Å². The molecule has 0 saturated heterocycles. The van der Waals surface area contributed by atoms with E-state index in [1.807, 2.05) is 37.3 Å².